The molecular weight excluding hydrogens is 318 g/mol. The summed E-state index contributed by atoms with van der Waals surface area (Å²) >= 11 is 1.64. The number of nitrogens with zero attached hydrogens (tertiary/aromatic N) is 2. The van der Waals surface area contributed by atoms with Crippen molar-refractivity contribution in [3.05, 3.63) is 77.4 Å². The Bertz CT molecular complexity index is 877. The third-order valence-corrected chi connectivity index (χ3v) is 4.63. The lowest BCUT2D eigenvalue weighted by atomic mass is 9.99. The van der Waals surface area contributed by atoms with Crippen molar-refractivity contribution in [2.24, 2.45) is 0 Å². The molecule has 0 bridgehead atoms. The lowest BCUT2D eigenvalue weighted by molar-refractivity contribution is 0.579. The molecule has 4 nitrogen and oxygen atoms in total. The van der Waals surface area contributed by atoms with Gasteiger partial charge in [-0.1, -0.05) is 36.4 Å². The van der Waals surface area contributed by atoms with Crippen molar-refractivity contribution in [2.75, 3.05) is 5.73 Å². The second-order valence-corrected chi connectivity index (χ2v) is 6.32. The summed E-state index contributed by atoms with van der Waals surface area (Å²) in [6.07, 6.45) is 2.36. The maximum absolute atomic E-state index is 5.97. The van der Waals surface area contributed by atoms with Crippen molar-refractivity contribution in [2.45, 2.75) is 6.42 Å². The Morgan fingerprint density at radius 3 is 2.46 bits per heavy atom. The SMILES string of the molecule is Nc1nc(-c2ccco2)c(Cc2ccccc2)c(-c2cccs2)n1. The highest BCUT2D eigenvalue weighted by atomic mass is 32.1. The van der Waals surface area contributed by atoms with E-state index in [1.807, 2.05) is 47.8 Å². The van der Waals surface area contributed by atoms with Crippen molar-refractivity contribution in [3.8, 4) is 22.0 Å². The van der Waals surface area contributed by atoms with Crippen LogP contribution in [0.2, 0.25) is 0 Å². The fraction of sp³-hybridized carbons (Fsp3) is 0.0526. The Morgan fingerprint density at radius 1 is 0.917 bits per heavy atom. The van der Waals surface area contributed by atoms with E-state index in [9.17, 15) is 0 Å². The molecule has 5 heteroatoms. The van der Waals surface area contributed by atoms with E-state index >= 15 is 0 Å². The molecule has 0 aliphatic heterocycles. The summed E-state index contributed by atoms with van der Waals surface area (Å²) in [5.74, 6) is 0.953. The molecule has 0 unspecified atom stereocenters. The van der Waals surface area contributed by atoms with Crippen LogP contribution in [-0.4, -0.2) is 9.97 Å². The first kappa shape index (κ1) is 14.7. The highest BCUT2D eigenvalue weighted by molar-refractivity contribution is 7.13. The molecule has 0 spiro atoms. The fourth-order valence-corrected chi connectivity index (χ4v) is 3.44. The molecule has 0 radical (unpaired) electrons. The summed E-state index contributed by atoms with van der Waals surface area (Å²) in [5, 5.41) is 2.03. The van der Waals surface area contributed by atoms with Crippen LogP contribution in [0.25, 0.3) is 22.0 Å². The van der Waals surface area contributed by atoms with Gasteiger partial charge in [0.2, 0.25) is 5.95 Å². The lowest BCUT2D eigenvalue weighted by Crippen LogP contribution is -2.05. The van der Waals surface area contributed by atoms with Gasteiger partial charge in [0, 0.05) is 12.0 Å². The molecule has 3 aromatic heterocycles. The highest BCUT2D eigenvalue weighted by Crippen LogP contribution is 2.34. The standard InChI is InChI=1S/C19H15N3OS/c20-19-21-17(15-8-4-10-23-15)14(12-13-6-2-1-3-7-13)18(22-19)16-9-5-11-24-16/h1-11H,12H2,(H2,20,21,22). The fourth-order valence-electron chi connectivity index (χ4n) is 2.70. The van der Waals surface area contributed by atoms with E-state index in [1.54, 1.807) is 17.6 Å². The monoisotopic (exact) mass is 333 g/mol. The predicted molar refractivity (Wildman–Crippen MR) is 96.7 cm³/mol. The van der Waals surface area contributed by atoms with Crippen molar-refractivity contribution < 1.29 is 4.42 Å². The minimum Gasteiger partial charge on any atom is -0.463 e. The smallest absolute Gasteiger partial charge is 0.221 e. The molecule has 0 fully saturated rings. The molecule has 118 valence electrons. The van der Waals surface area contributed by atoms with Gasteiger partial charge in [-0.05, 0) is 29.1 Å². The quantitative estimate of drug-likeness (QED) is 0.591. The Morgan fingerprint density at radius 2 is 1.75 bits per heavy atom. The van der Waals surface area contributed by atoms with E-state index in [1.165, 1.54) is 5.56 Å². The van der Waals surface area contributed by atoms with Gasteiger partial charge in [-0.3, -0.25) is 0 Å². The van der Waals surface area contributed by atoms with Gasteiger partial charge in [0.15, 0.2) is 5.76 Å². The maximum Gasteiger partial charge on any atom is 0.221 e. The number of aromatic nitrogens is 2. The molecule has 0 saturated carbocycles. The average Bonchev–Trinajstić information content (AvgIpc) is 3.31. The summed E-state index contributed by atoms with van der Waals surface area (Å²) in [7, 11) is 0. The van der Waals surface area contributed by atoms with Crippen LogP contribution in [0, 0.1) is 0 Å². The van der Waals surface area contributed by atoms with E-state index < -0.39 is 0 Å². The van der Waals surface area contributed by atoms with Crippen molar-refractivity contribution >= 4 is 17.3 Å². The van der Waals surface area contributed by atoms with Gasteiger partial charge in [0.05, 0.1) is 16.8 Å². The van der Waals surface area contributed by atoms with Crippen molar-refractivity contribution in [3.63, 3.8) is 0 Å². The van der Waals surface area contributed by atoms with Crippen LogP contribution < -0.4 is 5.73 Å². The molecule has 24 heavy (non-hydrogen) atoms. The van der Waals surface area contributed by atoms with Crippen LogP contribution in [0.4, 0.5) is 5.95 Å². The zero-order chi connectivity index (χ0) is 16.4. The second kappa shape index (κ2) is 6.29. The van der Waals surface area contributed by atoms with Crippen molar-refractivity contribution in [1.82, 2.24) is 9.97 Å². The number of hydrogen-bond donors (Lipinski definition) is 1. The van der Waals surface area contributed by atoms with Crippen molar-refractivity contribution in [1.29, 1.82) is 0 Å². The van der Waals surface area contributed by atoms with E-state index in [0.717, 1.165) is 21.8 Å². The molecule has 3 heterocycles. The average molecular weight is 333 g/mol. The molecule has 0 amide bonds. The zero-order valence-electron chi connectivity index (χ0n) is 12.8. The minimum absolute atomic E-state index is 0.251. The predicted octanol–water partition coefficient (Wildman–Crippen LogP) is 4.64. The summed E-state index contributed by atoms with van der Waals surface area (Å²) in [6.45, 7) is 0. The van der Waals surface area contributed by atoms with Gasteiger partial charge in [0.25, 0.3) is 0 Å². The third kappa shape index (κ3) is 2.81. The number of nitrogens with two attached hydrogens (primary N) is 1. The Balaban J connectivity index is 1.93. The first-order valence-corrected chi connectivity index (χ1v) is 8.47. The van der Waals surface area contributed by atoms with Crippen LogP contribution in [0.3, 0.4) is 0 Å². The number of furan rings is 1. The molecule has 0 atom stereocenters. The van der Waals surface area contributed by atoms with Crippen LogP contribution >= 0.6 is 11.3 Å². The molecule has 0 aliphatic rings. The van der Waals surface area contributed by atoms with Crippen LogP contribution in [-0.2, 0) is 6.42 Å². The first-order valence-electron chi connectivity index (χ1n) is 7.59. The minimum atomic E-state index is 0.251. The highest BCUT2D eigenvalue weighted by Gasteiger charge is 2.19. The maximum atomic E-state index is 5.97. The number of hydrogen-bond acceptors (Lipinski definition) is 5. The number of benzene rings is 1. The summed E-state index contributed by atoms with van der Waals surface area (Å²) in [6, 6.07) is 18.1. The zero-order valence-corrected chi connectivity index (χ0v) is 13.7. The normalized spacial score (nSPS) is 10.8. The number of rotatable bonds is 4. The third-order valence-electron chi connectivity index (χ3n) is 3.76. The number of nitrogen functional groups attached to an aromatic ring is 1. The van der Waals surface area contributed by atoms with Crippen LogP contribution in [0.1, 0.15) is 11.1 Å². The first-order chi connectivity index (χ1) is 11.8. The molecular formula is C19H15N3OS. The Hall–Kier alpha value is -2.92. The van der Waals surface area contributed by atoms with E-state index in [-0.39, 0.29) is 5.95 Å². The number of anilines is 1. The largest absolute Gasteiger partial charge is 0.463 e. The molecule has 0 aliphatic carbocycles. The van der Waals surface area contributed by atoms with Gasteiger partial charge in [0.1, 0.15) is 5.69 Å². The summed E-state index contributed by atoms with van der Waals surface area (Å²) < 4.78 is 5.58. The molecule has 2 N–H and O–H groups in total. The van der Waals surface area contributed by atoms with E-state index in [2.05, 4.69) is 22.1 Å². The second-order valence-electron chi connectivity index (χ2n) is 5.37. The van der Waals surface area contributed by atoms with E-state index in [4.69, 9.17) is 10.2 Å². The topological polar surface area (TPSA) is 64.9 Å². The summed E-state index contributed by atoms with van der Waals surface area (Å²) in [4.78, 5) is 10.0. The molecule has 4 aromatic rings. The van der Waals surface area contributed by atoms with Gasteiger partial charge in [-0.15, -0.1) is 11.3 Å². The molecule has 4 rings (SSSR count). The lowest BCUT2D eigenvalue weighted by Gasteiger charge is -2.12. The van der Waals surface area contributed by atoms with Gasteiger partial charge in [-0.25, -0.2) is 9.97 Å². The van der Waals surface area contributed by atoms with Gasteiger partial charge in [-0.2, -0.15) is 0 Å². The van der Waals surface area contributed by atoms with E-state index in [0.29, 0.717) is 12.2 Å². The summed E-state index contributed by atoms with van der Waals surface area (Å²) in [5.41, 5.74) is 9.80. The molecule has 1 aromatic carbocycles. The Labute approximate surface area is 143 Å². The number of thiophene rings is 1. The molecule has 0 saturated heterocycles. The van der Waals surface area contributed by atoms with Crippen LogP contribution in [0.15, 0.2) is 70.7 Å². The van der Waals surface area contributed by atoms with Gasteiger partial charge < -0.3 is 10.2 Å². The van der Waals surface area contributed by atoms with Crippen LogP contribution in [0.5, 0.6) is 0 Å². The Kier molecular flexibility index (Phi) is 3.84. The van der Waals surface area contributed by atoms with Gasteiger partial charge >= 0.3 is 0 Å².